The molecule has 0 aromatic heterocycles. The summed E-state index contributed by atoms with van der Waals surface area (Å²) in [6, 6.07) is 8.29. The number of hydrogen-bond donors (Lipinski definition) is 3. The van der Waals surface area contributed by atoms with E-state index in [1.807, 2.05) is 30.3 Å². The van der Waals surface area contributed by atoms with Crippen molar-refractivity contribution in [3.8, 4) is 0 Å². The van der Waals surface area contributed by atoms with Gasteiger partial charge in [-0.3, -0.25) is 25.2 Å². The molecule has 3 saturated heterocycles. The molecule has 1 aromatic rings. The first-order valence-electron chi connectivity index (χ1n) is 12.5. The zero-order valence-electron chi connectivity index (χ0n) is 22.1. The first-order valence-corrected chi connectivity index (χ1v) is 12.5. The molecule has 3 aliphatic rings. The van der Waals surface area contributed by atoms with Crippen LogP contribution in [-0.4, -0.2) is 79.3 Å². The van der Waals surface area contributed by atoms with Gasteiger partial charge in [-0.2, -0.15) is 0 Å². The Kier molecular flexibility index (Phi) is 8.50. The van der Waals surface area contributed by atoms with E-state index in [9.17, 15) is 14.4 Å². The van der Waals surface area contributed by atoms with E-state index in [1.54, 1.807) is 33.8 Å². The minimum absolute atomic E-state index is 0.288. The Morgan fingerprint density at radius 2 is 1.76 bits per heavy atom. The van der Waals surface area contributed by atoms with Gasteiger partial charge in [0.1, 0.15) is 37.1 Å². The Hall–Kier alpha value is -2.87. The first kappa shape index (κ1) is 28.1. The first-order chi connectivity index (χ1) is 17.9. The lowest BCUT2D eigenvalue weighted by Gasteiger charge is -2.29. The number of ether oxygens (including phenoxy) is 6. The van der Waals surface area contributed by atoms with Crippen molar-refractivity contribution in [1.29, 1.82) is 0 Å². The number of carbonyl (C=O) groups is 3. The fourth-order valence-corrected chi connectivity index (χ4v) is 4.40. The molecule has 0 aliphatic carbocycles. The van der Waals surface area contributed by atoms with Crippen molar-refractivity contribution < 1.29 is 42.8 Å². The third-order valence-electron chi connectivity index (χ3n) is 6.14. The smallest absolute Gasteiger partial charge is 0.262 e. The number of nitrogens with one attached hydrogen (secondary N) is 3. The Balaban J connectivity index is 1.25. The minimum atomic E-state index is -0.940. The summed E-state index contributed by atoms with van der Waals surface area (Å²) in [6.45, 7) is 8.55. The minimum Gasteiger partial charge on any atom is -0.363 e. The van der Waals surface area contributed by atoms with E-state index in [4.69, 9.17) is 28.4 Å². The van der Waals surface area contributed by atoms with E-state index in [1.165, 1.54) is 13.0 Å². The lowest BCUT2D eigenvalue weighted by molar-refractivity contribution is -0.235. The molecule has 3 N–H and O–H groups in total. The van der Waals surface area contributed by atoms with Gasteiger partial charge in [0.2, 0.25) is 5.91 Å². The SMILES string of the molecule is CC(NC(=O)CO[C@@H]1[C@H]2OC(C)(C)O[C@H]2O[C@@H]1C1COC(C)(C)O1)C(=O)NNC(=O)/C=C/c1ccccc1. The Morgan fingerprint density at radius 1 is 1.03 bits per heavy atom. The van der Waals surface area contributed by atoms with Gasteiger partial charge in [-0.15, -0.1) is 0 Å². The molecule has 6 atom stereocenters. The molecule has 1 aromatic carbocycles. The number of carbonyl (C=O) groups excluding carboxylic acids is 3. The van der Waals surface area contributed by atoms with Gasteiger partial charge in [-0.25, -0.2) is 0 Å². The molecule has 3 amide bonds. The monoisotopic (exact) mass is 533 g/mol. The van der Waals surface area contributed by atoms with Crippen LogP contribution < -0.4 is 16.2 Å². The maximum Gasteiger partial charge on any atom is 0.262 e. The van der Waals surface area contributed by atoms with Gasteiger partial charge in [0.05, 0.1) is 6.61 Å². The number of hydrazine groups is 1. The van der Waals surface area contributed by atoms with Crippen molar-refractivity contribution in [2.45, 2.75) is 82.9 Å². The quantitative estimate of drug-likeness (QED) is 0.326. The highest BCUT2D eigenvalue weighted by Gasteiger charge is 2.59. The third kappa shape index (κ3) is 7.16. The van der Waals surface area contributed by atoms with E-state index in [2.05, 4.69) is 16.2 Å². The third-order valence-corrected chi connectivity index (χ3v) is 6.14. The summed E-state index contributed by atoms with van der Waals surface area (Å²) < 4.78 is 35.4. The fourth-order valence-electron chi connectivity index (χ4n) is 4.40. The lowest BCUT2D eigenvalue weighted by Crippen LogP contribution is -2.52. The van der Waals surface area contributed by atoms with Gasteiger partial charge in [-0.1, -0.05) is 30.3 Å². The van der Waals surface area contributed by atoms with E-state index in [0.717, 1.165) is 5.56 Å². The van der Waals surface area contributed by atoms with E-state index >= 15 is 0 Å². The predicted octanol–water partition coefficient (Wildman–Crippen LogP) is 0.765. The lowest BCUT2D eigenvalue weighted by atomic mass is 10.1. The number of benzene rings is 1. The molecular formula is C26H35N3O9. The van der Waals surface area contributed by atoms with E-state index < -0.39 is 66.0 Å². The van der Waals surface area contributed by atoms with Crippen molar-refractivity contribution >= 4 is 23.8 Å². The van der Waals surface area contributed by atoms with Crippen LogP contribution in [0.15, 0.2) is 36.4 Å². The normalized spacial score (nSPS) is 30.1. The second kappa shape index (κ2) is 11.5. The standard InChI is InChI=1S/C26H35N3O9/c1-15(23(32)29-28-18(30)12-11-16-9-7-6-8-10-16)27-19(31)14-33-21-20(17-13-34-25(2,3)36-17)35-24-22(21)37-26(4,5)38-24/h6-12,15,17,20-22,24H,13-14H2,1-5H3,(H,27,31)(H,28,30)(H,29,32)/b12-11+/t15?,17?,20-,21+,22-,24-/m1/s1. The highest BCUT2D eigenvalue weighted by Crippen LogP contribution is 2.41. The average Bonchev–Trinajstić information content (AvgIpc) is 3.48. The summed E-state index contributed by atoms with van der Waals surface area (Å²) in [7, 11) is 0. The van der Waals surface area contributed by atoms with E-state index in [0.29, 0.717) is 0 Å². The van der Waals surface area contributed by atoms with Gasteiger partial charge in [0.15, 0.2) is 17.9 Å². The summed E-state index contributed by atoms with van der Waals surface area (Å²) in [4.78, 5) is 36.9. The maximum atomic E-state index is 12.6. The average molecular weight is 534 g/mol. The zero-order valence-corrected chi connectivity index (χ0v) is 22.1. The summed E-state index contributed by atoms with van der Waals surface area (Å²) in [5, 5.41) is 2.54. The highest BCUT2D eigenvalue weighted by atomic mass is 16.8. The second-order valence-corrected chi connectivity index (χ2v) is 10.2. The number of rotatable bonds is 8. The van der Waals surface area contributed by atoms with Crippen LogP contribution in [0.5, 0.6) is 0 Å². The van der Waals surface area contributed by atoms with Gasteiger partial charge < -0.3 is 33.7 Å². The fraction of sp³-hybridized carbons (Fsp3) is 0.577. The van der Waals surface area contributed by atoms with Crippen molar-refractivity contribution in [2.24, 2.45) is 0 Å². The summed E-state index contributed by atoms with van der Waals surface area (Å²) in [5.74, 6) is -3.30. The van der Waals surface area contributed by atoms with Gasteiger partial charge >= 0.3 is 0 Å². The van der Waals surface area contributed by atoms with Crippen LogP contribution in [0.4, 0.5) is 0 Å². The largest absolute Gasteiger partial charge is 0.363 e. The van der Waals surface area contributed by atoms with Crippen molar-refractivity contribution in [3.05, 3.63) is 42.0 Å². The zero-order chi connectivity index (χ0) is 27.5. The van der Waals surface area contributed by atoms with Crippen molar-refractivity contribution in [2.75, 3.05) is 13.2 Å². The van der Waals surface area contributed by atoms with Gasteiger partial charge in [-0.05, 0) is 46.3 Å². The van der Waals surface area contributed by atoms with Crippen LogP contribution >= 0.6 is 0 Å². The van der Waals surface area contributed by atoms with E-state index in [-0.39, 0.29) is 13.2 Å². The molecule has 3 heterocycles. The molecule has 0 saturated carbocycles. The van der Waals surface area contributed by atoms with Crippen LogP contribution in [0.1, 0.15) is 40.2 Å². The second-order valence-electron chi connectivity index (χ2n) is 10.2. The van der Waals surface area contributed by atoms with Gasteiger partial charge in [0, 0.05) is 6.08 Å². The molecule has 3 fully saturated rings. The number of hydrogen-bond acceptors (Lipinski definition) is 9. The van der Waals surface area contributed by atoms with Crippen LogP contribution in [-0.2, 0) is 42.8 Å². The Labute approximate surface area is 221 Å². The molecule has 0 bridgehead atoms. The molecule has 4 rings (SSSR count). The van der Waals surface area contributed by atoms with Crippen LogP contribution in [0, 0.1) is 0 Å². The molecule has 2 unspecified atom stereocenters. The molecule has 0 spiro atoms. The number of amides is 3. The van der Waals surface area contributed by atoms with Crippen LogP contribution in [0.3, 0.4) is 0 Å². The summed E-state index contributed by atoms with van der Waals surface area (Å²) in [6.07, 6.45) is -0.0576. The van der Waals surface area contributed by atoms with Crippen molar-refractivity contribution in [3.63, 3.8) is 0 Å². The molecule has 12 nitrogen and oxygen atoms in total. The van der Waals surface area contributed by atoms with Crippen LogP contribution in [0.2, 0.25) is 0 Å². The Bertz CT molecular complexity index is 1050. The van der Waals surface area contributed by atoms with Crippen LogP contribution in [0.25, 0.3) is 6.08 Å². The molecule has 208 valence electrons. The molecule has 0 radical (unpaired) electrons. The molecular weight excluding hydrogens is 498 g/mol. The summed E-state index contributed by atoms with van der Waals surface area (Å²) in [5.41, 5.74) is 5.40. The highest BCUT2D eigenvalue weighted by molar-refractivity contribution is 5.94. The predicted molar refractivity (Wildman–Crippen MR) is 133 cm³/mol. The molecule has 3 aliphatic heterocycles. The molecule has 38 heavy (non-hydrogen) atoms. The van der Waals surface area contributed by atoms with Gasteiger partial charge in [0.25, 0.3) is 11.8 Å². The summed E-state index contributed by atoms with van der Waals surface area (Å²) >= 11 is 0. The Morgan fingerprint density at radius 3 is 2.45 bits per heavy atom. The van der Waals surface area contributed by atoms with Crippen molar-refractivity contribution in [1.82, 2.24) is 16.2 Å². The number of fused-ring (bicyclic) bond motifs is 1. The molecule has 12 heteroatoms. The topological polar surface area (TPSA) is 143 Å². The maximum absolute atomic E-state index is 12.6.